The van der Waals surface area contributed by atoms with Crippen molar-refractivity contribution in [1.29, 1.82) is 0 Å². The highest BCUT2D eigenvalue weighted by atomic mass is 35.5. The van der Waals surface area contributed by atoms with E-state index in [1.807, 2.05) is 0 Å². The summed E-state index contributed by atoms with van der Waals surface area (Å²) in [6.45, 7) is 0. The van der Waals surface area contributed by atoms with Crippen molar-refractivity contribution in [3.8, 4) is 17.1 Å². The molecule has 3 aromatic carbocycles. The van der Waals surface area contributed by atoms with E-state index in [1.54, 1.807) is 73.8 Å². The minimum atomic E-state index is -0.476. The van der Waals surface area contributed by atoms with Gasteiger partial charge >= 0.3 is 0 Å². The van der Waals surface area contributed by atoms with E-state index in [0.717, 1.165) is 5.56 Å². The van der Waals surface area contributed by atoms with Crippen LogP contribution < -0.4 is 20.8 Å². The lowest BCUT2D eigenvalue weighted by molar-refractivity contribution is -0.384. The van der Waals surface area contributed by atoms with Crippen molar-refractivity contribution in [1.82, 2.24) is 15.0 Å². The molecule has 5 rings (SSSR count). The maximum atomic E-state index is 11.0. The molecule has 0 spiro atoms. The summed E-state index contributed by atoms with van der Waals surface area (Å²) in [5.41, 5.74) is 4.75. The van der Waals surface area contributed by atoms with Gasteiger partial charge in [-0.25, -0.2) is 5.43 Å². The Morgan fingerprint density at radius 2 is 1.49 bits per heavy atom. The van der Waals surface area contributed by atoms with Crippen LogP contribution >= 0.6 is 23.2 Å². The van der Waals surface area contributed by atoms with Crippen LogP contribution in [0, 0.1) is 10.1 Å². The molecule has 5 aromatic rings. The fourth-order valence-corrected chi connectivity index (χ4v) is 3.82. The summed E-state index contributed by atoms with van der Waals surface area (Å²) >= 11 is 12.1. The minimum Gasteiger partial charge on any atom is -0.497 e. The number of ether oxygens (including phenoxy) is 1. The van der Waals surface area contributed by atoms with Gasteiger partial charge in [0, 0.05) is 29.1 Å². The largest absolute Gasteiger partial charge is 0.497 e. The molecule has 0 radical (unpaired) electrons. The van der Waals surface area contributed by atoms with Crippen LogP contribution in [0.4, 0.5) is 34.9 Å². The number of hydrogen-bond acceptors (Lipinski definition) is 11. The van der Waals surface area contributed by atoms with Gasteiger partial charge in [-0.15, -0.1) is 0 Å². The summed E-state index contributed by atoms with van der Waals surface area (Å²) in [6, 6.07) is 21.8. The van der Waals surface area contributed by atoms with Gasteiger partial charge in [0.2, 0.25) is 17.8 Å². The summed E-state index contributed by atoms with van der Waals surface area (Å²) in [5, 5.41) is 22.2. The van der Waals surface area contributed by atoms with Gasteiger partial charge in [-0.1, -0.05) is 23.2 Å². The zero-order chi connectivity index (χ0) is 28.8. The molecule has 0 saturated heterocycles. The van der Waals surface area contributed by atoms with Gasteiger partial charge in [0.25, 0.3) is 5.69 Å². The number of non-ortho nitro benzene ring substituents is 1. The van der Waals surface area contributed by atoms with Crippen molar-refractivity contribution in [2.24, 2.45) is 5.10 Å². The third-order valence-electron chi connectivity index (χ3n) is 5.50. The maximum Gasteiger partial charge on any atom is 0.269 e. The molecule has 206 valence electrons. The summed E-state index contributed by atoms with van der Waals surface area (Å²) in [7, 11) is 1.58. The van der Waals surface area contributed by atoms with E-state index in [1.165, 1.54) is 18.3 Å². The summed E-state index contributed by atoms with van der Waals surface area (Å²) in [6.07, 6.45) is 1.46. The molecule has 3 N–H and O–H groups in total. The van der Waals surface area contributed by atoms with Crippen LogP contribution in [0.25, 0.3) is 11.3 Å². The predicted molar refractivity (Wildman–Crippen MR) is 158 cm³/mol. The molecule has 0 saturated carbocycles. The molecule has 2 heterocycles. The van der Waals surface area contributed by atoms with Gasteiger partial charge in [-0.3, -0.25) is 10.1 Å². The van der Waals surface area contributed by atoms with Gasteiger partial charge < -0.3 is 19.8 Å². The standard InChI is InChI=1S/C27H20Cl2N8O4/c1-40-20-9-5-18(6-10-20)32-26-33-25(31-17-3-7-19(8-4-17)37(38)39)34-27(35-26)36-30-15-21-11-13-24(41-21)16-2-12-22(28)23(29)14-16/h2-15H,1H3,(H3,31,32,33,34,35,36)/b30-15-. The van der Waals surface area contributed by atoms with E-state index in [2.05, 4.69) is 36.1 Å². The number of nitrogens with one attached hydrogen (secondary N) is 3. The van der Waals surface area contributed by atoms with Gasteiger partial charge in [0.15, 0.2) is 0 Å². The topological polar surface area (TPSA) is 153 Å². The number of nitro benzene ring substituents is 1. The first-order valence-electron chi connectivity index (χ1n) is 11.9. The molecule has 0 amide bonds. The molecule has 0 aliphatic carbocycles. The second kappa shape index (κ2) is 12.3. The smallest absolute Gasteiger partial charge is 0.269 e. The van der Waals surface area contributed by atoms with Crippen LogP contribution in [-0.2, 0) is 0 Å². The number of halogens is 2. The number of nitrogens with zero attached hydrogens (tertiary/aromatic N) is 5. The van der Waals surface area contributed by atoms with Crippen molar-refractivity contribution in [2.45, 2.75) is 0 Å². The molecule has 0 aliphatic rings. The lowest BCUT2D eigenvalue weighted by atomic mass is 10.2. The molecule has 2 aromatic heterocycles. The second-order valence-corrected chi connectivity index (χ2v) is 9.10. The summed E-state index contributed by atoms with van der Waals surface area (Å²) < 4.78 is 11.0. The number of aromatic nitrogens is 3. The molecule has 0 atom stereocenters. The number of benzene rings is 3. The molecule has 0 aliphatic heterocycles. The van der Waals surface area contributed by atoms with E-state index < -0.39 is 4.92 Å². The number of anilines is 5. The Kier molecular flexibility index (Phi) is 8.23. The first-order chi connectivity index (χ1) is 19.9. The van der Waals surface area contributed by atoms with E-state index in [9.17, 15) is 10.1 Å². The number of nitro groups is 1. The molecule has 0 fully saturated rings. The average Bonchev–Trinajstić information content (AvgIpc) is 3.44. The summed E-state index contributed by atoms with van der Waals surface area (Å²) in [5.74, 6) is 2.26. The van der Waals surface area contributed by atoms with Crippen LogP contribution in [0.15, 0.2) is 88.4 Å². The molecular formula is C27H20Cl2N8O4. The average molecular weight is 591 g/mol. The fraction of sp³-hybridized carbons (Fsp3) is 0.0370. The van der Waals surface area contributed by atoms with Crippen molar-refractivity contribution in [2.75, 3.05) is 23.2 Å². The highest BCUT2D eigenvalue weighted by Gasteiger charge is 2.10. The zero-order valence-corrected chi connectivity index (χ0v) is 22.7. The number of furan rings is 1. The highest BCUT2D eigenvalue weighted by Crippen LogP contribution is 2.29. The minimum absolute atomic E-state index is 0.0370. The Bertz CT molecular complexity index is 1710. The number of hydrazone groups is 1. The predicted octanol–water partition coefficient (Wildman–Crippen LogP) is 7.29. The third kappa shape index (κ3) is 7.06. The van der Waals surface area contributed by atoms with Gasteiger partial charge in [0.1, 0.15) is 17.3 Å². The highest BCUT2D eigenvalue weighted by molar-refractivity contribution is 6.42. The van der Waals surface area contributed by atoms with Gasteiger partial charge in [-0.2, -0.15) is 20.1 Å². The number of rotatable bonds is 10. The molecule has 0 unspecified atom stereocenters. The summed E-state index contributed by atoms with van der Waals surface area (Å²) in [4.78, 5) is 23.6. The molecule has 14 heteroatoms. The fourth-order valence-electron chi connectivity index (χ4n) is 3.52. The van der Waals surface area contributed by atoms with Crippen LogP contribution in [-0.4, -0.2) is 33.2 Å². The van der Waals surface area contributed by atoms with Crippen LogP contribution in [0.5, 0.6) is 5.75 Å². The van der Waals surface area contributed by atoms with Crippen molar-refractivity contribution < 1.29 is 14.1 Å². The third-order valence-corrected chi connectivity index (χ3v) is 6.24. The maximum absolute atomic E-state index is 11.0. The Hall–Kier alpha value is -5.20. The van der Waals surface area contributed by atoms with Crippen LogP contribution in [0.2, 0.25) is 10.0 Å². The molecular weight excluding hydrogens is 571 g/mol. The van der Waals surface area contributed by atoms with E-state index in [4.69, 9.17) is 32.4 Å². The van der Waals surface area contributed by atoms with Crippen LogP contribution in [0.3, 0.4) is 0 Å². The Morgan fingerprint density at radius 3 is 2.10 bits per heavy atom. The Labute approximate surface area is 243 Å². The van der Waals surface area contributed by atoms with Crippen LogP contribution in [0.1, 0.15) is 5.76 Å². The zero-order valence-electron chi connectivity index (χ0n) is 21.2. The van der Waals surface area contributed by atoms with E-state index >= 15 is 0 Å². The lowest BCUT2D eigenvalue weighted by Crippen LogP contribution is -2.07. The molecule has 41 heavy (non-hydrogen) atoms. The first-order valence-corrected chi connectivity index (χ1v) is 12.6. The van der Waals surface area contributed by atoms with Crippen molar-refractivity contribution in [3.63, 3.8) is 0 Å². The number of methoxy groups -OCH3 is 1. The van der Waals surface area contributed by atoms with Crippen molar-refractivity contribution in [3.05, 3.63) is 105 Å². The number of hydrogen-bond donors (Lipinski definition) is 3. The Morgan fingerprint density at radius 1 is 0.854 bits per heavy atom. The molecule has 12 nitrogen and oxygen atoms in total. The monoisotopic (exact) mass is 590 g/mol. The lowest BCUT2D eigenvalue weighted by Gasteiger charge is -2.10. The quantitative estimate of drug-likeness (QED) is 0.0857. The van der Waals surface area contributed by atoms with E-state index in [0.29, 0.717) is 38.7 Å². The Balaban J connectivity index is 1.35. The second-order valence-electron chi connectivity index (χ2n) is 8.29. The SMILES string of the molecule is COc1ccc(Nc2nc(N/N=C\c3ccc(-c4ccc(Cl)c(Cl)c4)o3)nc(Nc3ccc([N+](=O)[O-])cc3)n2)cc1. The van der Waals surface area contributed by atoms with Crippen molar-refractivity contribution >= 4 is 64.3 Å². The normalized spacial score (nSPS) is 10.9. The van der Waals surface area contributed by atoms with Gasteiger partial charge in [-0.05, 0) is 66.7 Å². The van der Waals surface area contributed by atoms with E-state index in [-0.39, 0.29) is 23.5 Å². The van der Waals surface area contributed by atoms with Gasteiger partial charge in [0.05, 0.1) is 28.3 Å². The molecule has 0 bridgehead atoms. The first kappa shape index (κ1) is 27.4.